The number of ether oxygens (including phenoxy) is 3. The Morgan fingerprint density at radius 2 is 1.74 bits per heavy atom. The Balaban J connectivity index is 2.06. The molecule has 130 valence electrons. The number of anilines is 1. The van der Waals surface area contributed by atoms with Crippen molar-refractivity contribution in [2.45, 2.75) is 6.42 Å². The Bertz CT molecular complexity index is 462. The number of methoxy groups -OCH3 is 1. The van der Waals surface area contributed by atoms with Crippen LogP contribution in [0.25, 0.3) is 0 Å². The highest BCUT2D eigenvalue weighted by Crippen LogP contribution is 2.32. The minimum absolute atomic E-state index is 0.123. The molecule has 1 aliphatic rings. The van der Waals surface area contributed by atoms with Gasteiger partial charge < -0.3 is 29.1 Å². The van der Waals surface area contributed by atoms with Crippen molar-refractivity contribution in [1.29, 1.82) is 0 Å². The SMILES string of the molecule is COCCOc1ccc(N2CCN(C)CC2)cc1OCCCO. The van der Waals surface area contributed by atoms with E-state index in [1.54, 1.807) is 7.11 Å². The normalized spacial score (nSPS) is 15.7. The van der Waals surface area contributed by atoms with Crippen LogP contribution in [0.5, 0.6) is 11.5 Å². The molecule has 1 aromatic carbocycles. The van der Waals surface area contributed by atoms with Gasteiger partial charge in [-0.05, 0) is 19.2 Å². The summed E-state index contributed by atoms with van der Waals surface area (Å²) in [5, 5.41) is 8.93. The molecular weight excluding hydrogens is 296 g/mol. The molecule has 0 spiro atoms. The molecular formula is C17H28N2O4. The van der Waals surface area contributed by atoms with Gasteiger partial charge in [0, 0.05) is 58.1 Å². The maximum Gasteiger partial charge on any atom is 0.163 e. The van der Waals surface area contributed by atoms with Gasteiger partial charge in [-0.3, -0.25) is 0 Å². The monoisotopic (exact) mass is 324 g/mol. The lowest BCUT2D eigenvalue weighted by Crippen LogP contribution is -2.44. The van der Waals surface area contributed by atoms with Crippen LogP contribution in [0.3, 0.4) is 0 Å². The second-order valence-corrected chi connectivity index (χ2v) is 5.69. The minimum atomic E-state index is 0.123. The molecule has 0 aliphatic carbocycles. The molecule has 6 heteroatoms. The Hall–Kier alpha value is -1.50. The van der Waals surface area contributed by atoms with Crippen molar-refractivity contribution in [3.05, 3.63) is 18.2 Å². The van der Waals surface area contributed by atoms with E-state index in [-0.39, 0.29) is 6.61 Å². The summed E-state index contributed by atoms with van der Waals surface area (Å²) in [5.41, 5.74) is 1.15. The molecule has 6 nitrogen and oxygen atoms in total. The van der Waals surface area contributed by atoms with Gasteiger partial charge in [0.1, 0.15) is 6.61 Å². The zero-order chi connectivity index (χ0) is 16.5. The van der Waals surface area contributed by atoms with E-state index in [2.05, 4.69) is 22.9 Å². The predicted molar refractivity (Wildman–Crippen MR) is 90.7 cm³/mol. The van der Waals surface area contributed by atoms with E-state index in [1.807, 2.05) is 12.1 Å². The molecule has 0 bridgehead atoms. The number of aliphatic hydroxyl groups is 1. The summed E-state index contributed by atoms with van der Waals surface area (Å²) >= 11 is 0. The molecule has 0 unspecified atom stereocenters. The first-order chi connectivity index (χ1) is 11.2. The second kappa shape index (κ2) is 9.60. The Morgan fingerprint density at radius 1 is 1.00 bits per heavy atom. The summed E-state index contributed by atoms with van der Waals surface area (Å²) in [4.78, 5) is 4.69. The number of hydrogen-bond acceptors (Lipinski definition) is 6. The van der Waals surface area contributed by atoms with E-state index in [0.717, 1.165) is 43.4 Å². The molecule has 1 saturated heterocycles. The molecule has 0 amide bonds. The summed E-state index contributed by atoms with van der Waals surface area (Å²) in [7, 11) is 3.80. The zero-order valence-corrected chi connectivity index (χ0v) is 14.2. The summed E-state index contributed by atoms with van der Waals surface area (Å²) in [6.45, 7) is 5.77. The number of rotatable bonds is 9. The van der Waals surface area contributed by atoms with Crippen molar-refractivity contribution in [1.82, 2.24) is 4.90 Å². The Kier molecular flexibility index (Phi) is 7.45. The molecule has 1 aromatic rings. The lowest BCUT2D eigenvalue weighted by Gasteiger charge is -2.34. The fraction of sp³-hybridized carbons (Fsp3) is 0.647. The molecule has 1 fully saturated rings. The lowest BCUT2D eigenvalue weighted by molar-refractivity contribution is 0.142. The highest BCUT2D eigenvalue weighted by molar-refractivity contribution is 5.56. The van der Waals surface area contributed by atoms with Gasteiger partial charge in [0.25, 0.3) is 0 Å². The summed E-state index contributed by atoms with van der Waals surface area (Å²) in [6.07, 6.45) is 0.607. The van der Waals surface area contributed by atoms with E-state index in [9.17, 15) is 0 Å². The number of piperazine rings is 1. The average Bonchev–Trinajstić information content (AvgIpc) is 2.57. The predicted octanol–water partition coefficient (Wildman–Crippen LogP) is 1.22. The van der Waals surface area contributed by atoms with Gasteiger partial charge in [-0.1, -0.05) is 0 Å². The summed E-state index contributed by atoms with van der Waals surface area (Å²) in [5.74, 6) is 1.45. The molecule has 1 N–H and O–H groups in total. The van der Waals surface area contributed by atoms with Crippen molar-refractivity contribution in [2.24, 2.45) is 0 Å². The van der Waals surface area contributed by atoms with Crippen LogP contribution in [0, 0.1) is 0 Å². The van der Waals surface area contributed by atoms with Gasteiger partial charge in [0.2, 0.25) is 0 Å². The fourth-order valence-corrected chi connectivity index (χ4v) is 2.47. The third kappa shape index (κ3) is 5.57. The smallest absolute Gasteiger partial charge is 0.163 e. The fourth-order valence-electron chi connectivity index (χ4n) is 2.47. The van der Waals surface area contributed by atoms with Gasteiger partial charge in [0.15, 0.2) is 11.5 Å². The number of likely N-dealkylation sites (N-methyl/N-ethyl adjacent to an activating group) is 1. The molecule has 0 saturated carbocycles. The van der Waals surface area contributed by atoms with Crippen LogP contribution < -0.4 is 14.4 Å². The highest BCUT2D eigenvalue weighted by atomic mass is 16.5. The highest BCUT2D eigenvalue weighted by Gasteiger charge is 2.16. The van der Waals surface area contributed by atoms with Crippen LogP contribution in [0.15, 0.2) is 18.2 Å². The molecule has 0 aromatic heterocycles. The number of hydrogen-bond donors (Lipinski definition) is 1. The van der Waals surface area contributed by atoms with Crippen LogP contribution in [0.4, 0.5) is 5.69 Å². The quantitative estimate of drug-likeness (QED) is 0.690. The molecule has 23 heavy (non-hydrogen) atoms. The Labute approximate surface area is 138 Å². The first kappa shape index (κ1) is 17.8. The number of benzene rings is 1. The van der Waals surface area contributed by atoms with Crippen LogP contribution in [0.2, 0.25) is 0 Å². The maximum atomic E-state index is 8.93. The zero-order valence-electron chi connectivity index (χ0n) is 14.2. The van der Waals surface area contributed by atoms with Crippen LogP contribution in [0.1, 0.15) is 6.42 Å². The van der Waals surface area contributed by atoms with Gasteiger partial charge in [-0.2, -0.15) is 0 Å². The van der Waals surface area contributed by atoms with Crippen LogP contribution in [-0.2, 0) is 4.74 Å². The number of nitrogens with zero attached hydrogens (tertiary/aromatic N) is 2. The molecule has 1 aliphatic heterocycles. The van der Waals surface area contributed by atoms with Crippen molar-refractivity contribution < 1.29 is 19.3 Å². The molecule has 0 radical (unpaired) electrons. The van der Waals surface area contributed by atoms with Gasteiger partial charge >= 0.3 is 0 Å². The maximum absolute atomic E-state index is 8.93. The number of aliphatic hydroxyl groups excluding tert-OH is 1. The topological polar surface area (TPSA) is 54.4 Å². The van der Waals surface area contributed by atoms with Crippen LogP contribution in [-0.4, -0.2) is 76.8 Å². The lowest BCUT2D eigenvalue weighted by atomic mass is 10.2. The van der Waals surface area contributed by atoms with E-state index < -0.39 is 0 Å². The largest absolute Gasteiger partial charge is 0.490 e. The third-order valence-corrected chi connectivity index (χ3v) is 3.90. The van der Waals surface area contributed by atoms with Crippen LogP contribution >= 0.6 is 0 Å². The standard InChI is InChI=1S/C17H28N2O4/c1-18-6-8-19(9-7-18)15-4-5-16(23-13-12-21-2)17(14-15)22-11-3-10-20/h4-5,14,20H,3,6-13H2,1-2H3. The van der Waals surface area contributed by atoms with Crippen molar-refractivity contribution in [3.63, 3.8) is 0 Å². The second-order valence-electron chi connectivity index (χ2n) is 5.69. The van der Waals surface area contributed by atoms with Crippen molar-refractivity contribution >= 4 is 5.69 Å². The van der Waals surface area contributed by atoms with Gasteiger partial charge in [-0.25, -0.2) is 0 Å². The van der Waals surface area contributed by atoms with Crippen molar-refractivity contribution in [3.8, 4) is 11.5 Å². The van der Waals surface area contributed by atoms with Crippen molar-refractivity contribution in [2.75, 3.05) is 71.7 Å². The summed E-state index contributed by atoms with van der Waals surface area (Å²) < 4.78 is 16.5. The summed E-state index contributed by atoms with van der Waals surface area (Å²) in [6, 6.07) is 6.06. The van der Waals surface area contributed by atoms with E-state index >= 15 is 0 Å². The Morgan fingerprint density at radius 3 is 2.43 bits per heavy atom. The first-order valence-corrected chi connectivity index (χ1v) is 8.17. The van der Waals surface area contributed by atoms with E-state index in [1.165, 1.54) is 0 Å². The van der Waals surface area contributed by atoms with Gasteiger partial charge in [0.05, 0.1) is 13.2 Å². The van der Waals surface area contributed by atoms with E-state index in [4.69, 9.17) is 19.3 Å². The molecule has 2 rings (SSSR count). The minimum Gasteiger partial charge on any atom is -0.490 e. The molecule has 0 atom stereocenters. The van der Waals surface area contributed by atoms with E-state index in [0.29, 0.717) is 26.2 Å². The average molecular weight is 324 g/mol. The van der Waals surface area contributed by atoms with Gasteiger partial charge in [-0.15, -0.1) is 0 Å². The third-order valence-electron chi connectivity index (χ3n) is 3.90. The molecule has 1 heterocycles. The first-order valence-electron chi connectivity index (χ1n) is 8.17.